The van der Waals surface area contributed by atoms with Gasteiger partial charge < -0.3 is 10.4 Å². The van der Waals surface area contributed by atoms with E-state index in [2.05, 4.69) is 5.32 Å². The van der Waals surface area contributed by atoms with Crippen molar-refractivity contribution in [3.05, 3.63) is 34.3 Å². The Bertz CT molecular complexity index is 463. The summed E-state index contributed by atoms with van der Waals surface area (Å²) in [7, 11) is 0. The van der Waals surface area contributed by atoms with Crippen LogP contribution in [-0.4, -0.2) is 23.7 Å². The summed E-state index contributed by atoms with van der Waals surface area (Å²) >= 11 is 5.58. The van der Waals surface area contributed by atoms with Gasteiger partial charge >= 0.3 is 6.18 Å². The first kappa shape index (κ1) is 15.8. The van der Waals surface area contributed by atoms with Crippen LogP contribution in [0.25, 0.3) is 0 Å². The van der Waals surface area contributed by atoms with Gasteiger partial charge in [0.05, 0.1) is 5.56 Å². The normalized spacial score (nSPS) is 13.2. The third kappa shape index (κ3) is 4.72. The molecule has 7 heteroatoms. The quantitative estimate of drug-likeness (QED) is 0.897. The first-order chi connectivity index (χ1) is 8.74. The molecule has 0 fully saturated rings. The van der Waals surface area contributed by atoms with E-state index in [1.165, 1.54) is 0 Å². The fourth-order valence-electron chi connectivity index (χ4n) is 1.46. The Kier molecular flexibility index (Phi) is 5.20. The van der Waals surface area contributed by atoms with Crippen molar-refractivity contribution in [3.63, 3.8) is 0 Å². The molecule has 0 spiro atoms. The predicted octanol–water partition coefficient (Wildman–Crippen LogP) is 2.86. The van der Waals surface area contributed by atoms with Crippen molar-refractivity contribution >= 4 is 17.5 Å². The number of hydrogen-bond acceptors (Lipinski definition) is 2. The number of alkyl halides is 3. The topological polar surface area (TPSA) is 49.3 Å². The lowest BCUT2D eigenvalue weighted by atomic mass is 10.1. The van der Waals surface area contributed by atoms with E-state index < -0.39 is 17.6 Å². The van der Waals surface area contributed by atoms with Gasteiger partial charge in [0.1, 0.15) is 0 Å². The second-order valence-electron chi connectivity index (χ2n) is 4.11. The molecule has 1 aromatic rings. The van der Waals surface area contributed by atoms with Crippen molar-refractivity contribution in [3.8, 4) is 0 Å². The molecule has 1 amide bonds. The van der Waals surface area contributed by atoms with E-state index >= 15 is 0 Å². The SMILES string of the molecule is CC(CCO)NC(=O)c1cc(Cl)cc(C(F)(F)F)c1. The smallest absolute Gasteiger partial charge is 0.396 e. The van der Waals surface area contributed by atoms with Crippen molar-refractivity contribution in [2.75, 3.05) is 6.61 Å². The molecule has 0 saturated carbocycles. The van der Waals surface area contributed by atoms with Gasteiger partial charge in [0.25, 0.3) is 5.91 Å². The first-order valence-corrected chi connectivity index (χ1v) is 5.91. The minimum Gasteiger partial charge on any atom is -0.396 e. The van der Waals surface area contributed by atoms with Gasteiger partial charge in [0.15, 0.2) is 0 Å². The predicted molar refractivity (Wildman–Crippen MR) is 65.1 cm³/mol. The van der Waals surface area contributed by atoms with Gasteiger partial charge in [-0.3, -0.25) is 4.79 Å². The molecule has 0 aliphatic heterocycles. The minimum absolute atomic E-state index is 0.120. The summed E-state index contributed by atoms with van der Waals surface area (Å²) in [6.45, 7) is 1.52. The molecule has 3 nitrogen and oxygen atoms in total. The Morgan fingerprint density at radius 3 is 2.58 bits per heavy atom. The zero-order valence-electron chi connectivity index (χ0n) is 10.1. The first-order valence-electron chi connectivity index (χ1n) is 5.53. The van der Waals surface area contributed by atoms with Gasteiger partial charge in [-0.1, -0.05) is 11.6 Å². The summed E-state index contributed by atoms with van der Waals surface area (Å²) < 4.78 is 37.7. The number of halogens is 4. The molecule has 1 aromatic carbocycles. The fourth-order valence-corrected chi connectivity index (χ4v) is 1.69. The van der Waals surface area contributed by atoms with Crippen LogP contribution in [0.3, 0.4) is 0 Å². The Labute approximate surface area is 113 Å². The van der Waals surface area contributed by atoms with Crippen LogP contribution in [0.15, 0.2) is 18.2 Å². The van der Waals surface area contributed by atoms with Crippen LogP contribution in [0.1, 0.15) is 29.3 Å². The van der Waals surface area contributed by atoms with E-state index in [-0.39, 0.29) is 23.2 Å². The number of rotatable bonds is 4. The summed E-state index contributed by atoms with van der Waals surface area (Å²) in [5.74, 6) is -0.658. The van der Waals surface area contributed by atoms with Crippen molar-refractivity contribution in [1.29, 1.82) is 0 Å². The lowest BCUT2D eigenvalue weighted by Crippen LogP contribution is -2.33. The molecule has 0 aliphatic carbocycles. The van der Waals surface area contributed by atoms with Crippen molar-refractivity contribution in [1.82, 2.24) is 5.32 Å². The third-order valence-corrected chi connectivity index (χ3v) is 2.65. The fraction of sp³-hybridized carbons (Fsp3) is 0.417. The van der Waals surface area contributed by atoms with Gasteiger partial charge in [0.2, 0.25) is 0 Å². The molecule has 19 heavy (non-hydrogen) atoms. The van der Waals surface area contributed by atoms with Gasteiger partial charge in [-0.25, -0.2) is 0 Å². The lowest BCUT2D eigenvalue weighted by molar-refractivity contribution is -0.137. The molecule has 1 atom stereocenters. The Morgan fingerprint density at radius 2 is 2.05 bits per heavy atom. The molecule has 0 bridgehead atoms. The van der Waals surface area contributed by atoms with Crippen LogP contribution in [0.4, 0.5) is 13.2 Å². The number of aliphatic hydroxyl groups is 1. The second kappa shape index (κ2) is 6.25. The number of nitrogens with one attached hydrogen (secondary N) is 1. The molecule has 1 rings (SSSR count). The molecule has 2 N–H and O–H groups in total. The Morgan fingerprint density at radius 1 is 1.42 bits per heavy atom. The second-order valence-corrected chi connectivity index (χ2v) is 4.55. The van der Waals surface area contributed by atoms with Crippen LogP contribution in [-0.2, 0) is 6.18 Å². The highest BCUT2D eigenvalue weighted by Crippen LogP contribution is 2.31. The summed E-state index contributed by atoms with van der Waals surface area (Å²) in [4.78, 5) is 11.7. The van der Waals surface area contributed by atoms with Crippen LogP contribution >= 0.6 is 11.6 Å². The highest BCUT2D eigenvalue weighted by molar-refractivity contribution is 6.31. The van der Waals surface area contributed by atoms with E-state index in [0.29, 0.717) is 6.42 Å². The van der Waals surface area contributed by atoms with Gasteiger partial charge in [-0.05, 0) is 31.5 Å². The largest absolute Gasteiger partial charge is 0.416 e. The maximum Gasteiger partial charge on any atom is 0.416 e. The monoisotopic (exact) mass is 295 g/mol. The van der Waals surface area contributed by atoms with Crippen LogP contribution in [0, 0.1) is 0 Å². The molecule has 106 valence electrons. The highest BCUT2D eigenvalue weighted by Gasteiger charge is 2.31. The number of aliphatic hydroxyl groups excluding tert-OH is 1. The van der Waals surface area contributed by atoms with E-state index in [1.54, 1.807) is 6.92 Å². The van der Waals surface area contributed by atoms with Crippen molar-refractivity contribution in [2.24, 2.45) is 0 Å². The zero-order chi connectivity index (χ0) is 14.6. The maximum atomic E-state index is 12.6. The molecule has 0 radical (unpaired) electrons. The average molecular weight is 296 g/mol. The maximum absolute atomic E-state index is 12.6. The molecular weight excluding hydrogens is 283 g/mol. The minimum atomic E-state index is -4.56. The zero-order valence-corrected chi connectivity index (χ0v) is 10.8. The summed E-state index contributed by atoms with van der Waals surface area (Å²) in [6.07, 6.45) is -4.24. The summed E-state index contributed by atoms with van der Waals surface area (Å²) in [6, 6.07) is 2.32. The molecule has 0 aliphatic rings. The van der Waals surface area contributed by atoms with Gasteiger partial charge in [-0.2, -0.15) is 13.2 Å². The molecule has 0 saturated heterocycles. The van der Waals surface area contributed by atoms with Gasteiger partial charge in [-0.15, -0.1) is 0 Å². The molecule has 0 heterocycles. The van der Waals surface area contributed by atoms with E-state index in [0.717, 1.165) is 18.2 Å². The Balaban J connectivity index is 2.95. The van der Waals surface area contributed by atoms with E-state index in [4.69, 9.17) is 16.7 Å². The standard InChI is InChI=1S/C12H13ClF3NO2/c1-7(2-3-18)17-11(19)8-4-9(12(14,15)16)6-10(13)5-8/h4-7,18H,2-3H2,1H3,(H,17,19). The number of hydrogen-bond donors (Lipinski definition) is 2. The number of benzene rings is 1. The molecule has 1 unspecified atom stereocenters. The number of carbonyl (C=O) groups excluding carboxylic acids is 1. The van der Waals surface area contributed by atoms with Crippen molar-refractivity contribution in [2.45, 2.75) is 25.6 Å². The summed E-state index contributed by atoms with van der Waals surface area (Å²) in [5.41, 5.74) is -1.13. The van der Waals surface area contributed by atoms with Crippen LogP contribution in [0.5, 0.6) is 0 Å². The number of carbonyl (C=O) groups is 1. The van der Waals surface area contributed by atoms with E-state index in [9.17, 15) is 18.0 Å². The van der Waals surface area contributed by atoms with Gasteiger partial charge in [0, 0.05) is 23.2 Å². The average Bonchev–Trinajstić information content (AvgIpc) is 2.27. The number of amides is 1. The highest BCUT2D eigenvalue weighted by atomic mass is 35.5. The van der Waals surface area contributed by atoms with E-state index in [1.807, 2.05) is 0 Å². The summed E-state index contributed by atoms with van der Waals surface area (Å²) in [5, 5.41) is 11.0. The van der Waals surface area contributed by atoms with Crippen LogP contribution < -0.4 is 5.32 Å². The van der Waals surface area contributed by atoms with Crippen molar-refractivity contribution < 1.29 is 23.1 Å². The Hall–Kier alpha value is -1.27. The molecular formula is C12H13ClF3NO2. The lowest BCUT2D eigenvalue weighted by Gasteiger charge is -2.14. The third-order valence-electron chi connectivity index (χ3n) is 2.43. The van der Waals surface area contributed by atoms with Crippen LogP contribution in [0.2, 0.25) is 5.02 Å². The molecule has 0 aromatic heterocycles.